The van der Waals surface area contributed by atoms with E-state index in [0.717, 1.165) is 0 Å². The Morgan fingerprint density at radius 1 is 1.00 bits per heavy atom. The SMILES string of the molecule is O=C([O-])[C@H](Cc1ccccc1)NS(=O)(=O)c1ccccc1. The second-order valence-corrected chi connectivity index (χ2v) is 6.21. The summed E-state index contributed by atoms with van der Waals surface area (Å²) in [6, 6.07) is 15.1. The molecule has 0 spiro atoms. The molecule has 0 aliphatic heterocycles. The number of benzene rings is 2. The van der Waals surface area contributed by atoms with Gasteiger partial charge in [-0.05, 0) is 24.1 Å². The fourth-order valence-corrected chi connectivity index (χ4v) is 3.08. The van der Waals surface area contributed by atoms with Crippen molar-refractivity contribution in [3.8, 4) is 0 Å². The summed E-state index contributed by atoms with van der Waals surface area (Å²) in [6.07, 6.45) is 0.0231. The minimum atomic E-state index is -3.90. The first-order chi connectivity index (χ1) is 9.99. The molecule has 0 bridgehead atoms. The van der Waals surface area contributed by atoms with E-state index < -0.39 is 22.0 Å². The molecule has 0 fully saturated rings. The topological polar surface area (TPSA) is 86.3 Å². The third-order valence-corrected chi connectivity index (χ3v) is 4.41. The number of hydrogen-bond donors (Lipinski definition) is 1. The first-order valence-electron chi connectivity index (χ1n) is 6.31. The summed E-state index contributed by atoms with van der Waals surface area (Å²) in [6.45, 7) is 0. The number of carboxylic acids is 1. The molecular weight excluding hydrogens is 290 g/mol. The van der Waals surface area contributed by atoms with Gasteiger partial charge in [-0.2, -0.15) is 0 Å². The highest BCUT2D eigenvalue weighted by Gasteiger charge is 2.20. The summed E-state index contributed by atoms with van der Waals surface area (Å²) in [5.41, 5.74) is 0.711. The van der Waals surface area contributed by atoms with Crippen LogP contribution in [0.2, 0.25) is 0 Å². The van der Waals surface area contributed by atoms with Crippen LogP contribution in [-0.4, -0.2) is 20.4 Å². The normalized spacial score (nSPS) is 12.8. The second-order valence-electron chi connectivity index (χ2n) is 4.50. The average molecular weight is 304 g/mol. The number of aliphatic carboxylic acids is 1. The van der Waals surface area contributed by atoms with E-state index in [1.807, 2.05) is 0 Å². The molecule has 0 unspecified atom stereocenters. The van der Waals surface area contributed by atoms with Crippen LogP contribution >= 0.6 is 0 Å². The highest BCUT2D eigenvalue weighted by atomic mass is 32.2. The van der Waals surface area contributed by atoms with Crippen molar-refractivity contribution in [2.24, 2.45) is 0 Å². The van der Waals surface area contributed by atoms with Gasteiger partial charge in [0.2, 0.25) is 10.0 Å². The van der Waals surface area contributed by atoms with Gasteiger partial charge in [-0.3, -0.25) is 0 Å². The molecule has 0 aliphatic carbocycles. The van der Waals surface area contributed by atoms with Gasteiger partial charge >= 0.3 is 0 Å². The lowest BCUT2D eigenvalue weighted by molar-refractivity contribution is -0.307. The Hall–Kier alpha value is -2.18. The van der Waals surface area contributed by atoms with E-state index in [4.69, 9.17) is 0 Å². The summed E-state index contributed by atoms with van der Waals surface area (Å²) in [5.74, 6) is -1.46. The van der Waals surface area contributed by atoms with Crippen LogP contribution in [0.4, 0.5) is 0 Å². The molecule has 21 heavy (non-hydrogen) atoms. The summed E-state index contributed by atoms with van der Waals surface area (Å²) in [4.78, 5) is 11.2. The third-order valence-electron chi connectivity index (χ3n) is 2.92. The van der Waals surface area contributed by atoms with E-state index in [9.17, 15) is 18.3 Å². The largest absolute Gasteiger partial charge is 0.548 e. The minimum absolute atomic E-state index is 0.0179. The number of carboxylic acid groups (broad SMARTS) is 1. The highest BCUT2D eigenvalue weighted by molar-refractivity contribution is 7.89. The molecule has 0 saturated carbocycles. The van der Waals surface area contributed by atoms with Crippen molar-refractivity contribution in [2.45, 2.75) is 17.4 Å². The molecule has 0 aromatic heterocycles. The van der Waals surface area contributed by atoms with Gasteiger partial charge in [-0.25, -0.2) is 13.1 Å². The van der Waals surface area contributed by atoms with Gasteiger partial charge in [0.1, 0.15) is 0 Å². The van der Waals surface area contributed by atoms with Crippen LogP contribution in [0.25, 0.3) is 0 Å². The molecule has 1 N–H and O–H groups in total. The monoisotopic (exact) mass is 304 g/mol. The zero-order valence-corrected chi connectivity index (χ0v) is 11.9. The molecule has 5 nitrogen and oxygen atoms in total. The molecule has 110 valence electrons. The minimum Gasteiger partial charge on any atom is -0.548 e. The second kappa shape index (κ2) is 6.51. The fourth-order valence-electron chi connectivity index (χ4n) is 1.88. The van der Waals surface area contributed by atoms with Gasteiger partial charge in [0.25, 0.3) is 0 Å². The number of carbonyl (C=O) groups is 1. The van der Waals surface area contributed by atoms with Gasteiger partial charge in [0.05, 0.1) is 16.9 Å². The Kier molecular flexibility index (Phi) is 4.72. The first-order valence-corrected chi connectivity index (χ1v) is 7.79. The van der Waals surface area contributed by atoms with Crippen LogP contribution in [0.5, 0.6) is 0 Å². The molecule has 0 radical (unpaired) electrons. The van der Waals surface area contributed by atoms with Crippen LogP contribution in [0.3, 0.4) is 0 Å². The van der Waals surface area contributed by atoms with Crippen LogP contribution in [0.1, 0.15) is 5.56 Å². The van der Waals surface area contributed by atoms with Crippen LogP contribution in [0, 0.1) is 0 Å². The standard InChI is InChI=1S/C15H15NO4S/c17-15(18)14(11-12-7-3-1-4-8-12)16-21(19,20)13-9-5-2-6-10-13/h1-10,14,16H,11H2,(H,17,18)/p-1/t14-/m0/s1. The summed E-state index contributed by atoms with van der Waals surface area (Å²) < 4.78 is 26.4. The number of carbonyl (C=O) groups excluding carboxylic acids is 1. The van der Waals surface area contributed by atoms with Gasteiger partial charge in [-0.15, -0.1) is 0 Å². The van der Waals surface area contributed by atoms with Gasteiger partial charge in [-0.1, -0.05) is 48.5 Å². The number of nitrogens with one attached hydrogen (secondary N) is 1. The Morgan fingerprint density at radius 2 is 1.52 bits per heavy atom. The number of hydrogen-bond acceptors (Lipinski definition) is 4. The van der Waals surface area contributed by atoms with E-state index in [-0.39, 0.29) is 11.3 Å². The van der Waals surface area contributed by atoms with Crippen molar-refractivity contribution in [1.82, 2.24) is 4.72 Å². The summed E-state index contributed by atoms with van der Waals surface area (Å²) in [5, 5.41) is 11.2. The lowest BCUT2D eigenvalue weighted by Gasteiger charge is -2.19. The van der Waals surface area contributed by atoms with Crippen molar-refractivity contribution in [3.63, 3.8) is 0 Å². The third kappa shape index (κ3) is 4.14. The number of rotatable bonds is 6. The molecule has 1 atom stereocenters. The van der Waals surface area contributed by atoms with E-state index in [1.165, 1.54) is 12.1 Å². The average Bonchev–Trinajstić information content (AvgIpc) is 2.48. The predicted octanol–water partition coefficient (Wildman–Crippen LogP) is 0.326. The fraction of sp³-hybridized carbons (Fsp3) is 0.133. The van der Waals surface area contributed by atoms with Crippen molar-refractivity contribution < 1.29 is 18.3 Å². The van der Waals surface area contributed by atoms with Gasteiger partial charge in [0.15, 0.2) is 0 Å². The molecule has 0 heterocycles. The number of sulfonamides is 1. The van der Waals surface area contributed by atoms with Gasteiger partial charge in [0, 0.05) is 0 Å². The van der Waals surface area contributed by atoms with Crippen molar-refractivity contribution >= 4 is 16.0 Å². The zero-order valence-electron chi connectivity index (χ0n) is 11.1. The van der Waals surface area contributed by atoms with E-state index in [2.05, 4.69) is 4.72 Å². The maximum atomic E-state index is 12.1. The molecule has 6 heteroatoms. The van der Waals surface area contributed by atoms with E-state index in [1.54, 1.807) is 48.5 Å². The Morgan fingerprint density at radius 3 is 2.05 bits per heavy atom. The molecule has 2 aromatic rings. The van der Waals surface area contributed by atoms with Crippen LogP contribution in [0.15, 0.2) is 65.6 Å². The quantitative estimate of drug-likeness (QED) is 0.833. The van der Waals surface area contributed by atoms with Crippen LogP contribution < -0.4 is 9.83 Å². The van der Waals surface area contributed by atoms with E-state index in [0.29, 0.717) is 5.56 Å². The first kappa shape index (κ1) is 15.2. The lowest BCUT2D eigenvalue weighted by atomic mass is 10.1. The maximum absolute atomic E-state index is 12.1. The van der Waals surface area contributed by atoms with Crippen molar-refractivity contribution in [2.75, 3.05) is 0 Å². The Balaban J connectivity index is 2.19. The van der Waals surface area contributed by atoms with Crippen molar-refractivity contribution in [3.05, 3.63) is 66.2 Å². The predicted molar refractivity (Wildman–Crippen MR) is 75.7 cm³/mol. The molecule has 2 aromatic carbocycles. The maximum Gasteiger partial charge on any atom is 0.241 e. The Labute approximate surface area is 123 Å². The molecule has 0 aliphatic rings. The lowest BCUT2D eigenvalue weighted by Crippen LogP contribution is -2.49. The smallest absolute Gasteiger partial charge is 0.241 e. The van der Waals surface area contributed by atoms with E-state index >= 15 is 0 Å². The Bertz CT molecular complexity index is 699. The molecule has 2 rings (SSSR count). The molecular formula is C15H14NO4S-. The van der Waals surface area contributed by atoms with Crippen LogP contribution in [-0.2, 0) is 21.2 Å². The van der Waals surface area contributed by atoms with Crippen molar-refractivity contribution in [1.29, 1.82) is 0 Å². The zero-order chi connectivity index (χ0) is 15.3. The molecule has 0 amide bonds. The van der Waals surface area contributed by atoms with Gasteiger partial charge < -0.3 is 9.90 Å². The highest BCUT2D eigenvalue weighted by Crippen LogP contribution is 2.10. The molecule has 0 saturated heterocycles. The summed E-state index contributed by atoms with van der Waals surface area (Å²) >= 11 is 0. The summed E-state index contributed by atoms with van der Waals surface area (Å²) in [7, 11) is -3.90.